The number of cyclic esters (lactones) is 1. The fourth-order valence-corrected chi connectivity index (χ4v) is 11.3. The number of halogens is 4. The number of methoxy groups -OCH3 is 2. The van der Waals surface area contributed by atoms with Crippen LogP contribution in [0.1, 0.15) is 118 Å². The molecule has 74 heavy (non-hydrogen) atoms. The highest BCUT2D eigenvalue weighted by Crippen LogP contribution is 2.40. The van der Waals surface area contributed by atoms with Gasteiger partial charge in [0.25, 0.3) is 0 Å². The van der Waals surface area contributed by atoms with Crippen molar-refractivity contribution in [3.05, 3.63) is 41.7 Å². The van der Waals surface area contributed by atoms with Gasteiger partial charge in [0.15, 0.2) is 12.6 Å². The molecule has 1 aromatic carbocycles. The molecule has 1 aromatic heterocycles. The Hall–Kier alpha value is -2.62. The number of hydrogen-bond acceptors (Lipinski definition) is 18. The summed E-state index contributed by atoms with van der Waals surface area (Å²) in [7, 11) is 6.47. The van der Waals surface area contributed by atoms with Crippen LogP contribution < -0.4 is 0 Å². The average molecular weight is 1080 g/mol. The average Bonchev–Trinajstić information content (AvgIpc) is 3.80. The quantitative estimate of drug-likeness (QED) is 0.0811. The molecule has 4 heterocycles. The summed E-state index contributed by atoms with van der Waals surface area (Å²) in [5.41, 5.74) is -8.13. The van der Waals surface area contributed by atoms with Crippen molar-refractivity contribution in [2.24, 2.45) is 11.8 Å². The van der Waals surface area contributed by atoms with Gasteiger partial charge in [-0.1, -0.05) is 31.2 Å². The van der Waals surface area contributed by atoms with E-state index >= 15 is 0 Å². The Morgan fingerprint density at radius 3 is 2.23 bits per heavy atom. The number of hydrogen-bond donors (Lipinski definition) is 5. The number of aliphatic hydroxyl groups is 5. The molecule has 0 amide bonds. The van der Waals surface area contributed by atoms with E-state index in [1.165, 1.54) is 50.1 Å². The van der Waals surface area contributed by atoms with Crippen LogP contribution in [0.25, 0.3) is 0 Å². The van der Waals surface area contributed by atoms with Crippen molar-refractivity contribution in [1.82, 2.24) is 24.8 Å². The molecule has 3 fully saturated rings. The van der Waals surface area contributed by atoms with Crippen LogP contribution in [0.2, 0.25) is 0 Å². The Kier molecular flexibility index (Phi) is 21.8. The maximum atomic E-state index is 14.7. The fourth-order valence-electron chi connectivity index (χ4n) is 10.8. The van der Waals surface area contributed by atoms with Crippen molar-refractivity contribution in [2.45, 2.75) is 214 Å². The summed E-state index contributed by atoms with van der Waals surface area (Å²) >= 11 is -0.250. The minimum absolute atomic E-state index is 0.0195. The van der Waals surface area contributed by atoms with E-state index in [2.05, 4.69) is 10.3 Å². The third-order valence-electron chi connectivity index (χ3n) is 15.6. The molecule has 2 aromatic rings. The van der Waals surface area contributed by atoms with E-state index in [4.69, 9.17) is 33.2 Å². The van der Waals surface area contributed by atoms with Gasteiger partial charge in [-0.15, -0.1) is 5.10 Å². The lowest BCUT2D eigenvalue weighted by Gasteiger charge is -2.47. The van der Waals surface area contributed by atoms with Gasteiger partial charge >= 0.3 is 11.5 Å². The second kappa shape index (κ2) is 25.9. The number of aromatic nitrogens is 3. The number of carbonyl (C=O) groups excluding carboxylic acids is 1. The summed E-state index contributed by atoms with van der Waals surface area (Å²) in [4.78, 5) is 18.1. The maximum absolute atomic E-state index is 14.7. The first-order valence-corrected chi connectivity index (χ1v) is 26.4. The molecule has 0 aliphatic carbocycles. The normalized spacial score (nSPS) is 38.5. The van der Waals surface area contributed by atoms with Crippen LogP contribution in [0.3, 0.4) is 0 Å². The van der Waals surface area contributed by atoms with Gasteiger partial charge in [-0.25, -0.2) is 9.07 Å². The van der Waals surface area contributed by atoms with E-state index in [1.54, 1.807) is 54.8 Å². The molecular formula is C51H83F4N5O13S. The van der Waals surface area contributed by atoms with Crippen LogP contribution in [-0.4, -0.2) is 200 Å². The third-order valence-corrected chi connectivity index (χ3v) is 16.3. The van der Waals surface area contributed by atoms with Gasteiger partial charge < -0.3 is 68.5 Å². The molecule has 0 bridgehead atoms. The molecule has 18 nitrogen and oxygen atoms in total. The molecule has 3 aliphatic heterocycles. The summed E-state index contributed by atoms with van der Waals surface area (Å²) < 4.78 is 98.3. The smallest absolute Gasteiger partial charge is 0.446 e. The topological polar surface area (TPSA) is 220 Å². The number of aliphatic hydroxyl groups excluding tert-OH is 3. The summed E-state index contributed by atoms with van der Waals surface area (Å²) in [6, 6.07) is 3.39. The predicted molar refractivity (Wildman–Crippen MR) is 265 cm³/mol. The first kappa shape index (κ1) is 62.2. The summed E-state index contributed by atoms with van der Waals surface area (Å²) in [6.45, 7) is 15.2. The number of likely N-dealkylation sites (N-methyl/N-ethyl adjacent to an activating group) is 2. The Morgan fingerprint density at radius 1 is 0.973 bits per heavy atom. The van der Waals surface area contributed by atoms with Crippen LogP contribution in [0.4, 0.5) is 17.6 Å². The SMILES string of the molecule is CC[C@H]1OC(=O)[C@H](C)[C@@H](O[C@H]2C[C@@](C)(OC)[C@@H](O)[C@H](C)O2)C[C@@H](O[C@@H]2O[C@H](C)C[C@H](N(C)CCc3cn([C@H](CF)[C@H](OC)c4ccc(SC(F)(F)F)cc4)nn3)[C@H]2O)[C@](C)(O)C[C@@H](C)CN(C)[C@H](C)[C@@H](O)[C@]1(C)O. The summed E-state index contributed by atoms with van der Waals surface area (Å²) in [5, 5.41) is 67.8. The first-order chi connectivity index (χ1) is 34.5. The van der Waals surface area contributed by atoms with Gasteiger partial charge in [0.1, 0.15) is 48.8 Å². The molecule has 3 saturated heterocycles. The van der Waals surface area contributed by atoms with Crippen molar-refractivity contribution >= 4 is 17.7 Å². The standard InChI is InChI=1S/C51H83F4N5O13S/c1-14-39-50(9,66)44(62)31(5)59(11)26-28(2)23-48(7,65)40(22-38(30(4)46(64)72-39)71-41-24-49(8,68-13)45(63)32(6)70-41)73-47-42(61)36(21-29(3)69-47)58(10)20-19-34-27-60(57-56-34)37(25-52)43(67-12)33-15-17-35(18-16-33)74-51(53,54)55/h15-18,27-32,36-45,47,61-63,65-66H,14,19-26H2,1-13H3/t28-,29-,30-,31-,32+,36+,37-,38+,39-,40-,41+,42-,43-,44-,45+,47+,48-,49-,50-/m1/s1. The molecule has 0 radical (unpaired) electrons. The lowest BCUT2D eigenvalue weighted by atomic mass is 9.83. The molecule has 3 aliphatic rings. The van der Waals surface area contributed by atoms with Gasteiger partial charge in [0, 0.05) is 69.7 Å². The highest BCUT2D eigenvalue weighted by atomic mass is 32.2. The number of carbonyl (C=O) groups is 1. The van der Waals surface area contributed by atoms with Gasteiger partial charge in [0.2, 0.25) is 0 Å². The van der Waals surface area contributed by atoms with Gasteiger partial charge in [-0.05, 0) is 117 Å². The van der Waals surface area contributed by atoms with E-state index in [0.717, 1.165) is 0 Å². The number of benzene rings is 1. The number of nitrogens with zero attached hydrogens (tertiary/aromatic N) is 5. The zero-order valence-electron chi connectivity index (χ0n) is 45.1. The molecule has 5 rings (SSSR count). The highest BCUT2D eigenvalue weighted by Gasteiger charge is 2.51. The number of thioether (sulfide) groups is 1. The number of ether oxygens (including phenoxy) is 7. The fraction of sp³-hybridized carbons (Fsp3) is 0.824. The maximum Gasteiger partial charge on any atom is 0.446 e. The van der Waals surface area contributed by atoms with E-state index in [0.29, 0.717) is 37.2 Å². The predicted octanol–water partition coefficient (Wildman–Crippen LogP) is 5.37. The Balaban J connectivity index is 1.40. The second-order valence-corrected chi connectivity index (χ2v) is 22.8. The van der Waals surface area contributed by atoms with Crippen LogP contribution in [-0.2, 0) is 44.4 Å². The molecule has 0 spiro atoms. The van der Waals surface area contributed by atoms with Crippen LogP contribution in [0.5, 0.6) is 0 Å². The van der Waals surface area contributed by atoms with E-state index < -0.39 is 127 Å². The number of esters is 1. The number of alkyl halides is 4. The van der Waals surface area contributed by atoms with Gasteiger partial charge in [-0.2, -0.15) is 13.2 Å². The Bertz CT molecular complexity index is 2060. The van der Waals surface area contributed by atoms with Crippen LogP contribution >= 0.6 is 11.8 Å². The lowest BCUT2D eigenvalue weighted by molar-refractivity contribution is -0.308. The lowest BCUT2D eigenvalue weighted by Crippen LogP contribution is -2.59. The van der Waals surface area contributed by atoms with Gasteiger partial charge in [-0.3, -0.25) is 4.79 Å². The van der Waals surface area contributed by atoms with Gasteiger partial charge in [0.05, 0.1) is 47.2 Å². The van der Waals surface area contributed by atoms with Crippen LogP contribution in [0.15, 0.2) is 35.4 Å². The van der Waals surface area contributed by atoms with E-state index in [-0.39, 0.29) is 48.3 Å². The third kappa shape index (κ3) is 15.3. The highest BCUT2D eigenvalue weighted by molar-refractivity contribution is 8.00. The van der Waals surface area contributed by atoms with Crippen LogP contribution in [0, 0.1) is 11.8 Å². The van der Waals surface area contributed by atoms with Crippen molar-refractivity contribution in [3.63, 3.8) is 0 Å². The van der Waals surface area contributed by atoms with E-state index in [1.807, 2.05) is 30.7 Å². The molecule has 19 atom stereocenters. The molecule has 0 saturated carbocycles. The van der Waals surface area contributed by atoms with Crippen molar-refractivity contribution in [1.29, 1.82) is 0 Å². The minimum Gasteiger partial charge on any atom is -0.459 e. The molecule has 0 unspecified atom stereocenters. The first-order valence-electron chi connectivity index (χ1n) is 25.6. The largest absolute Gasteiger partial charge is 0.459 e. The minimum atomic E-state index is -4.46. The Labute approximate surface area is 437 Å². The van der Waals surface area contributed by atoms with Crippen molar-refractivity contribution < 1.29 is 81.0 Å². The molecule has 5 N–H and O–H groups in total. The molecule has 23 heteroatoms. The second-order valence-electron chi connectivity index (χ2n) is 21.6. The monoisotopic (exact) mass is 1080 g/mol. The van der Waals surface area contributed by atoms with E-state index in [9.17, 15) is 47.9 Å². The summed E-state index contributed by atoms with van der Waals surface area (Å²) in [5.74, 6) is -2.08. The summed E-state index contributed by atoms with van der Waals surface area (Å²) in [6.07, 6.45) is -8.91. The molecular weight excluding hydrogens is 999 g/mol. The zero-order valence-corrected chi connectivity index (χ0v) is 46.0. The number of rotatable bonds is 16. The van der Waals surface area contributed by atoms with Crippen molar-refractivity contribution in [2.75, 3.05) is 48.1 Å². The molecule has 424 valence electrons. The zero-order chi connectivity index (χ0) is 55.2. The Morgan fingerprint density at radius 2 is 1.64 bits per heavy atom. The van der Waals surface area contributed by atoms with Crippen molar-refractivity contribution in [3.8, 4) is 0 Å².